The van der Waals surface area contributed by atoms with Gasteiger partial charge in [0, 0.05) is 57.2 Å². The number of ether oxygens (including phenoxy) is 1. The number of nitrogens with zero attached hydrogens (tertiary/aromatic N) is 2. The van der Waals surface area contributed by atoms with Crippen molar-refractivity contribution in [1.82, 2.24) is 15.5 Å². The summed E-state index contributed by atoms with van der Waals surface area (Å²) in [5.74, 6) is 2.42. The molecule has 1 unspecified atom stereocenters. The summed E-state index contributed by atoms with van der Waals surface area (Å²) < 4.78 is 10.9. The minimum Gasteiger partial charge on any atom is -0.469 e. The molecule has 1 aromatic rings. The van der Waals surface area contributed by atoms with Gasteiger partial charge in [-0.25, -0.2) is 0 Å². The van der Waals surface area contributed by atoms with Crippen LogP contribution in [0.15, 0.2) is 27.8 Å². The summed E-state index contributed by atoms with van der Waals surface area (Å²) in [5.41, 5.74) is 0. The maximum absolute atomic E-state index is 5.46. The number of furan rings is 1. The summed E-state index contributed by atoms with van der Waals surface area (Å²) in [6.45, 7) is 14.2. The van der Waals surface area contributed by atoms with E-state index in [1.54, 1.807) is 6.26 Å². The van der Waals surface area contributed by atoms with E-state index in [9.17, 15) is 0 Å². The normalized spacial score (nSPS) is 18.3. The van der Waals surface area contributed by atoms with E-state index >= 15 is 0 Å². The Morgan fingerprint density at radius 1 is 1.23 bits per heavy atom. The van der Waals surface area contributed by atoms with E-state index in [2.05, 4.69) is 43.2 Å². The lowest BCUT2D eigenvalue weighted by molar-refractivity contribution is 0.178. The Morgan fingerprint density at radius 2 is 2.00 bits per heavy atom. The number of rotatable bonds is 10. The molecule has 6 heteroatoms. The number of nitrogens with one attached hydrogen (secondary N) is 2. The van der Waals surface area contributed by atoms with Gasteiger partial charge in [-0.2, -0.15) is 0 Å². The highest BCUT2D eigenvalue weighted by atomic mass is 16.5. The average Bonchev–Trinajstić information content (AvgIpc) is 3.28. The molecule has 0 radical (unpaired) electrons. The van der Waals surface area contributed by atoms with Crippen LogP contribution in [0.2, 0.25) is 0 Å². The molecule has 148 valence electrons. The van der Waals surface area contributed by atoms with E-state index in [0.717, 1.165) is 64.0 Å². The third-order valence-electron chi connectivity index (χ3n) is 4.76. The van der Waals surface area contributed by atoms with Crippen LogP contribution in [0.25, 0.3) is 0 Å². The van der Waals surface area contributed by atoms with E-state index in [0.29, 0.717) is 18.0 Å². The summed E-state index contributed by atoms with van der Waals surface area (Å²) in [5, 5.41) is 6.92. The highest BCUT2D eigenvalue weighted by Crippen LogP contribution is 2.12. The Balaban J connectivity index is 1.81. The third-order valence-corrected chi connectivity index (χ3v) is 4.76. The molecule has 0 saturated carbocycles. The van der Waals surface area contributed by atoms with Gasteiger partial charge >= 0.3 is 0 Å². The second-order valence-corrected chi connectivity index (χ2v) is 7.53. The average molecular weight is 365 g/mol. The lowest BCUT2D eigenvalue weighted by Gasteiger charge is -2.30. The summed E-state index contributed by atoms with van der Waals surface area (Å²) in [4.78, 5) is 7.26. The molecule has 0 spiro atoms. The zero-order valence-electron chi connectivity index (χ0n) is 16.8. The van der Waals surface area contributed by atoms with Gasteiger partial charge in [0.25, 0.3) is 0 Å². The van der Waals surface area contributed by atoms with Gasteiger partial charge in [0.1, 0.15) is 5.76 Å². The van der Waals surface area contributed by atoms with E-state index in [1.807, 2.05) is 12.1 Å². The van der Waals surface area contributed by atoms with Gasteiger partial charge in [-0.1, -0.05) is 0 Å². The molecular weight excluding hydrogens is 328 g/mol. The van der Waals surface area contributed by atoms with Gasteiger partial charge in [0.15, 0.2) is 5.96 Å². The van der Waals surface area contributed by atoms with Crippen molar-refractivity contribution in [3.8, 4) is 0 Å². The molecule has 0 aromatic carbocycles. The monoisotopic (exact) mass is 364 g/mol. The van der Waals surface area contributed by atoms with E-state index < -0.39 is 0 Å². The maximum Gasteiger partial charge on any atom is 0.191 e. The standard InChI is InChI=1S/C20H36N4O2/c1-16(2)24(17(3)4)11-10-22-20(23-14-18-8-13-25-15-18)21-9-7-19-6-5-12-26-19/h5-6,12,16-18H,7-11,13-15H2,1-4H3,(H2,21,22,23). The quantitative estimate of drug-likeness (QED) is 0.493. The maximum atomic E-state index is 5.46. The smallest absolute Gasteiger partial charge is 0.191 e. The molecule has 2 heterocycles. The van der Waals surface area contributed by atoms with Crippen molar-refractivity contribution in [2.24, 2.45) is 10.9 Å². The number of hydrogen-bond donors (Lipinski definition) is 2. The summed E-state index contributed by atoms with van der Waals surface area (Å²) >= 11 is 0. The van der Waals surface area contributed by atoms with E-state index in [-0.39, 0.29) is 0 Å². The minimum atomic E-state index is 0.541. The van der Waals surface area contributed by atoms with E-state index in [1.165, 1.54) is 0 Å². The second-order valence-electron chi connectivity index (χ2n) is 7.53. The fourth-order valence-corrected chi connectivity index (χ4v) is 3.30. The van der Waals surface area contributed by atoms with Crippen LogP contribution in [0.1, 0.15) is 39.9 Å². The van der Waals surface area contributed by atoms with Crippen molar-refractivity contribution < 1.29 is 9.15 Å². The molecule has 1 atom stereocenters. The van der Waals surface area contributed by atoms with Crippen molar-refractivity contribution in [2.75, 3.05) is 39.4 Å². The Morgan fingerprint density at radius 3 is 2.62 bits per heavy atom. The molecule has 2 rings (SSSR count). The van der Waals surface area contributed by atoms with Gasteiger partial charge in [0.05, 0.1) is 12.9 Å². The highest BCUT2D eigenvalue weighted by Gasteiger charge is 2.16. The van der Waals surface area contributed by atoms with Gasteiger partial charge in [0.2, 0.25) is 0 Å². The van der Waals surface area contributed by atoms with Crippen molar-refractivity contribution in [1.29, 1.82) is 0 Å². The summed E-state index contributed by atoms with van der Waals surface area (Å²) in [6, 6.07) is 5.01. The molecule has 1 aliphatic heterocycles. The third kappa shape index (κ3) is 7.38. The number of aliphatic imine (C=N–C) groups is 1. The van der Waals surface area contributed by atoms with Crippen molar-refractivity contribution in [3.63, 3.8) is 0 Å². The molecular formula is C20H36N4O2. The molecule has 1 aromatic heterocycles. The lowest BCUT2D eigenvalue weighted by atomic mass is 10.1. The van der Waals surface area contributed by atoms with Gasteiger partial charge in [-0.05, 0) is 46.2 Å². The zero-order valence-corrected chi connectivity index (χ0v) is 16.8. The SMILES string of the molecule is CC(C)N(CCNC(=NCC1CCOC1)NCCc1ccco1)C(C)C. The van der Waals surface area contributed by atoms with Crippen LogP contribution in [0.4, 0.5) is 0 Å². The Labute approximate surface area is 158 Å². The lowest BCUT2D eigenvalue weighted by Crippen LogP contribution is -2.45. The number of hydrogen-bond acceptors (Lipinski definition) is 4. The predicted molar refractivity (Wildman–Crippen MR) is 107 cm³/mol. The number of guanidine groups is 1. The summed E-state index contributed by atoms with van der Waals surface area (Å²) in [6.07, 6.45) is 3.68. The molecule has 1 aliphatic rings. The Hall–Kier alpha value is -1.53. The molecule has 26 heavy (non-hydrogen) atoms. The van der Waals surface area contributed by atoms with Gasteiger partial charge < -0.3 is 19.8 Å². The van der Waals surface area contributed by atoms with Crippen LogP contribution in [0, 0.1) is 5.92 Å². The van der Waals surface area contributed by atoms with Crippen LogP contribution in [-0.2, 0) is 11.2 Å². The fraction of sp³-hybridized carbons (Fsp3) is 0.750. The molecule has 6 nitrogen and oxygen atoms in total. The Kier molecular flexibility index (Phi) is 8.98. The van der Waals surface area contributed by atoms with Crippen LogP contribution >= 0.6 is 0 Å². The van der Waals surface area contributed by atoms with Crippen molar-refractivity contribution in [2.45, 2.75) is 52.6 Å². The first-order chi connectivity index (χ1) is 12.6. The van der Waals surface area contributed by atoms with E-state index in [4.69, 9.17) is 14.1 Å². The van der Waals surface area contributed by atoms with Crippen LogP contribution < -0.4 is 10.6 Å². The van der Waals surface area contributed by atoms with Crippen LogP contribution in [-0.4, -0.2) is 62.3 Å². The minimum absolute atomic E-state index is 0.541. The predicted octanol–water partition coefficient (Wildman–Crippen LogP) is 2.51. The first-order valence-corrected chi connectivity index (χ1v) is 9.94. The largest absolute Gasteiger partial charge is 0.469 e. The fourth-order valence-electron chi connectivity index (χ4n) is 3.30. The molecule has 0 amide bonds. The van der Waals surface area contributed by atoms with Crippen LogP contribution in [0.3, 0.4) is 0 Å². The molecule has 1 fully saturated rings. The van der Waals surface area contributed by atoms with Gasteiger partial charge in [-0.3, -0.25) is 9.89 Å². The van der Waals surface area contributed by atoms with Crippen molar-refractivity contribution >= 4 is 5.96 Å². The van der Waals surface area contributed by atoms with Crippen molar-refractivity contribution in [3.05, 3.63) is 24.2 Å². The van der Waals surface area contributed by atoms with Crippen LogP contribution in [0.5, 0.6) is 0 Å². The Bertz CT molecular complexity index is 500. The molecule has 0 aliphatic carbocycles. The molecule has 0 bridgehead atoms. The summed E-state index contributed by atoms with van der Waals surface area (Å²) in [7, 11) is 0. The molecule has 1 saturated heterocycles. The first kappa shape index (κ1) is 20.8. The topological polar surface area (TPSA) is 62.0 Å². The first-order valence-electron chi connectivity index (χ1n) is 9.94. The van der Waals surface area contributed by atoms with Gasteiger partial charge in [-0.15, -0.1) is 0 Å². The zero-order chi connectivity index (χ0) is 18.8. The molecule has 2 N–H and O–H groups in total. The second kappa shape index (κ2) is 11.2. The highest BCUT2D eigenvalue weighted by molar-refractivity contribution is 5.79.